The Morgan fingerprint density at radius 1 is 1.27 bits per heavy atom. The van der Waals surface area contributed by atoms with Crippen molar-refractivity contribution in [3.05, 3.63) is 39.4 Å². The molecule has 0 bridgehead atoms. The number of rotatable bonds is 4. The predicted molar refractivity (Wildman–Crippen MR) is 91.9 cm³/mol. The van der Waals surface area contributed by atoms with Crippen LogP contribution in [0.3, 0.4) is 0 Å². The van der Waals surface area contributed by atoms with Gasteiger partial charge in [-0.25, -0.2) is 0 Å². The highest BCUT2D eigenvalue weighted by Crippen LogP contribution is 2.33. The maximum atomic E-state index is 12.7. The first-order valence-electron chi connectivity index (χ1n) is 8.77. The van der Waals surface area contributed by atoms with E-state index in [-0.39, 0.29) is 23.6 Å². The number of piperidine rings is 1. The number of aliphatic carboxylic acids is 1. The fourth-order valence-corrected chi connectivity index (χ4v) is 3.89. The van der Waals surface area contributed by atoms with E-state index in [1.807, 2.05) is 0 Å². The largest absolute Gasteiger partial charge is 0.481 e. The van der Waals surface area contributed by atoms with E-state index < -0.39 is 16.8 Å². The average Bonchev–Trinajstić information content (AvgIpc) is 3.11. The third-order valence-electron chi connectivity index (χ3n) is 5.40. The minimum atomic E-state index is -0.821. The summed E-state index contributed by atoms with van der Waals surface area (Å²) >= 11 is 0. The summed E-state index contributed by atoms with van der Waals surface area (Å²) in [7, 11) is 0. The lowest BCUT2D eigenvalue weighted by molar-refractivity contribution is -0.385. The molecule has 0 aromatic heterocycles. The monoisotopic (exact) mass is 362 g/mol. The lowest BCUT2D eigenvalue weighted by Crippen LogP contribution is -2.43. The van der Waals surface area contributed by atoms with Gasteiger partial charge < -0.3 is 14.7 Å². The number of carbonyl (C=O) groups excluding carboxylic acids is 1. The van der Waals surface area contributed by atoms with Crippen molar-refractivity contribution >= 4 is 17.6 Å². The summed E-state index contributed by atoms with van der Waals surface area (Å²) < 4.78 is 5.64. The van der Waals surface area contributed by atoms with Gasteiger partial charge in [-0.2, -0.15) is 0 Å². The number of benzene rings is 1. The van der Waals surface area contributed by atoms with Crippen LogP contribution >= 0.6 is 0 Å². The first-order chi connectivity index (χ1) is 12.4. The van der Waals surface area contributed by atoms with Gasteiger partial charge in [-0.1, -0.05) is 6.07 Å². The highest BCUT2D eigenvalue weighted by atomic mass is 16.6. The lowest BCUT2D eigenvalue weighted by Gasteiger charge is -2.35. The topological polar surface area (TPSA) is 110 Å². The molecule has 1 aromatic rings. The Balaban J connectivity index is 1.65. The highest BCUT2D eigenvalue weighted by molar-refractivity contribution is 5.95. The number of hydrogen-bond acceptors (Lipinski definition) is 5. The molecule has 8 heteroatoms. The molecule has 0 spiro atoms. The normalized spacial score (nSPS) is 23.8. The Bertz CT molecular complexity index is 726. The molecule has 26 heavy (non-hydrogen) atoms. The van der Waals surface area contributed by atoms with E-state index in [2.05, 4.69) is 0 Å². The molecule has 3 rings (SSSR count). The quantitative estimate of drug-likeness (QED) is 0.650. The van der Waals surface area contributed by atoms with Gasteiger partial charge in [0.2, 0.25) is 0 Å². The Hall–Kier alpha value is -2.48. The van der Waals surface area contributed by atoms with Gasteiger partial charge >= 0.3 is 5.97 Å². The zero-order chi connectivity index (χ0) is 18.8. The fraction of sp³-hybridized carbons (Fsp3) is 0.556. The summed E-state index contributed by atoms with van der Waals surface area (Å²) in [6.07, 6.45) is 1.60. The van der Waals surface area contributed by atoms with Gasteiger partial charge in [-0.15, -0.1) is 0 Å². The maximum Gasteiger partial charge on any atom is 0.309 e. The van der Waals surface area contributed by atoms with Gasteiger partial charge in [0.1, 0.15) is 0 Å². The van der Waals surface area contributed by atoms with Crippen molar-refractivity contribution in [1.82, 2.24) is 4.90 Å². The number of ether oxygens (including phenoxy) is 1. The van der Waals surface area contributed by atoms with Crippen molar-refractivity contribution in [3.8, 4) is 0 Å². The van der Waals surface area contributed by atoms with E-state index in [9.17, 15) is 24.8 Å². The number of nitro groups is 1. The minimum absolute atomic E-state index is 0.0607. The molecular weight excluding hydrogens is 340 g/mol. The van der Waals surface area contributed by atoms with E-state index in [1.54, 1.807) is 24.0 Å². The number of nitro benzene ring substituents is 1. The smallest absolute Gasteiger partial charge is 0.309 e. The van der Waals surface area contributed by atoms with Crippen LogP contribution in [-0.2, 0) is 9.53 Å². The van der Waals surface area contributed by atoms with Crippen LogP contribution in [0.4, 0.5) is 5.69 Å². The number of carbonyl (C=O) groups is 2. The molecule has 2 aliphatic rings. The Morgan fingerprint density at radius 3 is 2.58 bits per heavy atom. The van der Waals surface area contributed by atoms with Crippen LogP contribution < -0.4 is 0 Å². The van der Waals surface area contributed by atoms with Gasteiger partial charge in [0, 0.05) is 36.9 Å². The van der Waals surface area contributed by atoms with Crippen LogP contribution in [0, 0.1) is 28.9 Å². The summed E-state index contributed by atoms with van der Waals surface area (Å²) in [6, 6.07) is 4.52. The third kappa shape index (κ3) is 3.55. The summed E-state index contributed by atoms with van der Waals surface area (Å²) in [4.78, 5) is 36.3. The molecule has 1 aromatic carbocycles. The van der Waals surface area contributed by atoms with Crippen molar-refractivity contribution < 1.29 is 24.4 Å². The number of aryl methyl sites for hydroxylation is 1. The Labute approximate surface area is 150 Å². The molecule has 1 amide bonds. The second-order valence-corrected chi connectivity index (χ2v) is 6.96. The van der Waals surface area contributed by atoms with Gasteiger partial charge in [-0.3, -0.25) is 19.7 Å². The minimum Gasteiger partial charge on any atom is -0.481 e. The molecule has 1 N–H and O–H groups in total. The van der Waals surface area contributed by atoms with E-state index in [0.29, 0.717) is 50.1 Å². The van der Waals surface area contributed by atoms with Crippen molar-refractivity contribution in [1.29, 1.82) is 0 Å². The molecule has 2 aliphatic heterocycles. The second-order valence-electron chi connectivity index (χ2n) is 6.96. The van der Waals surface area contributed by atoms with Crippen molar-refractivity contribution in [2.24, 2.45) is 11.8 Å². The number of amides is 1. The molecular formula is C18H22N2O6. The molecule has 2 fully saturated rings. The van der Waals surface area contributed by atoms with Gasteiger partial charge in [0.05, 0.1) is 16.9 Å². The van der Waals surface area contributed by atoms with E-state index in [4.69, 9.17) is 4.74 Å². The standard InChI is InChI=1S/C18H22N2O6/c1-11-2-3-13(10-15(11)20(24)25)17(21)19-7-4-12(5-8-19)16-14(18(22)23)6-9-26-16/h2-3,10,12,14,16H,4-9H2,1H3,(H,22,23)/t14?,16-/m0/s1. The second kappa shape index (κ2) is 7.41. The van der Waals surface area contributed by atoms with Crippen LogP contribution in [0.25, 0.3) is 0 Å². The van der Waals surface area contributed by atoms with Crippen LogP contribution in [0.1, 0.15) is 35.2 Å². The van der Waals surface area contributed by atoms with Crippen LogP contribution in [0.15, 0.2) is 18.2 Å². The third-order valence-corrected chi connectivity index (χ3v) is 5.40. The number of carboxylic acids is 1. The maximum absolute atomic E-state index is 12.7. The highest BCUT2D eigenvalue weighted by Gasteiger charge is 2.40. The lowest BCUT2D eigenvalue weighted by atomic mass is 9.84. The molecule has 0 radical (unpaired) electrons. The Kier molecular flexibility index (Phi) is 5.22. The van der Waals surface area contributed by atoms with Gasteiger partial charge in [0.25, 0.3) is 11.6 Å². The molecule has 8 nitrogen and oxygen atoms in total. The van der Waals surface area contributed by atoms with Crippen LogP contribution in [0.5, 0.6) is 0 Å². The van der Waals surface area contributed by atoms with Crippen molar-refractivity contribution in [2.75, 3.05) is 19.7 Å². The van der Waals surface area contributed by atoms with Crippen molar-refractivity contribution in [3.63, 3.8) is 0 Å². The number of hydrogen-bond donors (Lipinski definition) is 1. The molecule has 2 atom stereocenters. The molecule has 0 saturated carbocycles. The zero-order valence-corrected chi connectivity index (χ0v) is 14.6. The Morgan fingerprint density at radius 2 is 1.96 bits per heavy atom. The summed E-state index contributed by atoms with van der Waals surface area (Å²) in [6.45, 7) is 3.10. The average molecular weight is 362 g/mol. The van der Waals surface area contributed by atoms with E-state index in [1.165, 1.54) is 6.07 Å². The van der Waals surface area contributed by atoms with Crippen molar-refractivity contribution in [2.45, 2.75) is 32.3 Å². The number of likely N-dealkylation sites (tertiary alicyclic amines) is 1. The van der Waals surface area contributed by atoms with Gasteiger partial charge in [-0.05, 0) is 38.2 Å². The van der Waals surface area contributed by atoms with Gasteiger partial charge in [0.15, 0.2) is 0 Å². The molecule has 140 valence electrons. The summed E-state index contributed by atoms with van der Waals surface area (Å²) in [5, 5.41) is 20.4. The zero-order valence-electron chi connectivity index (χ0n) is 14.6. The molecule has 1 unspecified atom stereocenters. The SMILES string of the molecule is Cc1ccc(C(=O)N2CCC([C@@H]3OCCC3C(=O)O)CC2)cc1[N+](=O)[O-]. The molecule has 2 heterocycles. The number of carboxylic acid groups (broad SMARTS) is 1. The fourth-order valence-electron chi connectivity index (χ4n) is 3.89. The molecule has 0 aliphatic carbocycles. The summed E-state index contributed by atoms with van der Waals surface area (Å²) in [5.74, 6) is -1.40. The van der Waals surface area contributed by atoms with E-state index in [0.717, 1.165) is 0 Å². The summed E-state index contributed by atoms with van der Waals surface area (Å²) in [5.41, 5.74) is 0.763. The van der Waals surface area contributed by atoms with E-state index >= 15 is 0 Å². The first-order valence-corrected chi connectivity index (χ1v) is 8.77. The van der Waals surface area contributed by atoms with Crippen LogP contribution in [-0.4, -0.2) is 52.6 Å². The first kappa shape index (κ1) is 18.3. The predicted octanol–water partition coefficient (Wildman–Crippen LogP) is 2.25. The number of nitrogens with zero attached hydrogens (tertiary/aromatic N) is 2. The molecule has 2 saturated heterocycles. The van der Waals surface area contributed by atoms with Crippen LogP contribution in [0.2, 0.25) is 0 Å².